The van der Waals surface area contributed by atoms with Crippen LogP contribution in [0, 0.1) is 0 Å². The first-order chi connectivity index (χ1) is 9.67. The number of halogens is 1. The Balaban J connectivity index is 1.79. The second-order valence-corrected chi connectivity index (χ2v) is 5.09. The molecule has 0 N–H and O–H groups in total. The van der Waals surface area contributed by atoms with Crippen molar-refractivity contribution >= 4 is 17.4 Å². The number of hydrogen-bond acceptors (Lipinski definition) is 3. The first-order valence-electron chi connectivity index (χ1n) is 6.31. The van der Waals surface area contributed by atoms with Gasteiger partial charge in [0.15, 0.2) is 6.10 Å². The Morgan fingerprint density at radius 3 is 2.70 bits per heavy atom. The Bertz CT molecular complexity index is 649. The second-order valence-electron chi connectivity index (χ2n) is 4.66. The van der Waals surface area contributed by atoms with Gasteiger partial charge >= 0.3 is 0 Å². The predicted octanol–water partition coefficient (Wildman–Crippen LogP) is 3.54. The zero-order valence-corrected chi connectivity index (χ0v) is 11.7. The number of carbonyl (C=O) groups is 1. The number of methoxy groups -OCH3 is 1. The van der Waals surface area contributed by atoms with Gasteiger partial charge in [0.2, 0.25) is 5.78 Å². The maximum absolute atomic E-state index is 12.4. The van der Waals surface area contributed by atoms with Crippen LogP contribution in [0.5, 0.6) is 11.5 Å². The molecule has 0 saturated carbocycles. The van der Waals surface area contributed by atoms with Crippen LogP contribution in [0.2, 0.25) is 5.02 Å². The van der Waals surface area contributed by atoms with Crippen molar-refractivity contribution in [2.45, 2.75) is 12.5 Å². The number of rotatable bonds is 3. The summed E-state index contributed by atoms with van der Waals surface area (Å²) in [6.45, 7) is 0. The van der Waals surface area contributed by atoms with Crippen LogP contribution in [0.1, 0.15) is 15.9 Å². The average Bonchev–Trinajstić information content (AvgIpc) is 2.89. The molecular weight excluding hydrogens is 276 g/mol. The van der Waals surface area contributed by atoms with Gasteiger partial charge < -0.3 is 9.47 Å². The lowest BCUT2D eigenvalue weighted by atomic mass is 10.0. The van der Waals surface area contributed by atoms with E-state index >= 15 is 0 Å². The quantitative estimate of drug-likeness (QED) is 0.811. The van der Waals surface area contributed by atoms with E-state index in [4.69, 9.17) is 21.1 Å². The van der Waals surface area contributed by atoms with Gasteiger partial charge in [-0.1, -0.05) is 11.6 Å². The molecule has 0 saturated heterocycles. The first-order valence-corrected chi connectivity index (χ1v) is 6.68. The molecule has 0 fully saturated rings. The molecule has 4 heteroatoms. The maximum Gasteiger partial charge on any atom is 0.203 e. The summed E-state index contributed by atoms with van der Waals surface area (Å²) in [6.07, 6.45) is 0.0812. The number of Topliss-reactive ketones (excluding diaryl/α,β-unsaturated/α-hetero) is 1. The van der Waals surface area contributed by atoms with Gasteiger partial charge in [0, 0.05) is 17.0 Å². The van der Waals surface area contributed by atoms with Crippen molar-refractivity contribution in [3.63, 3.8) is 0 Å². The van der Waals surface area contributed by atoms with E-state index in [0.29, 0.717) is 17.0 Å². The molecule has 3 nitrogen and oxygen atoms in total. The molecule has 2 aromatic rings. The minimum atomic E-state index is -0.475. The molecule has 1 aliphatic heterocycles. The molecule has 0 aliphatic carbocycles. The van der Waals surface area contributed by atoms with Crippen LogP contribution in [0.25, 0.3) is 0 Å². The van der Waals surface area contributed by atoms with Crippen LogP contribution >= 0.6 is 11.6 Å². The van der Waals surface area contributed by atoms with Gasteiger partial charge in [-0.2, -0.15) is 0 Å². The van der Waals surface area contributed by atoms with Crippen molar-refractivity contribution in [3.8, 4) is 11.5 Å². The van der Waals surface area contributed by atoms with Crippen LogP contribution in [-0.2, 0) is 6.42 Å². The lowest BCUT2D eigenvalue weighted by Gasteiger charge is -2.09. The van der Waals surface area contributed by atoms with Crippen LogP contribution in [0.3, 0.4) is 0 Å². The van der Waals surface area contributed by atoms with Gasteiger partial charge in [-0.25, -0.2) is 0 Å². The van der Waals surface area contributed by atoms with Gasteiger partial charge in [0.05, 0.1) is 7.11 Å². The number of benzene rings is 2. The highest BCUT2D eigenvalue weighted by molar-refractivity contribution is 6.30. The molecule has 0 bridgehead atoms. The normalized spacial score (nSPS) is 16.4. The van der Waals surface area contributed by atoms with Crippen LogP contribution in [0.4, 0.5) is 0 Å². The summed E-state index contributed by atoms with van der Waals surface area (Å²) in [6, 6.07) is 12.5. The molecule has 0 amide bonds. The fraction of sp³-hybridized carbons (Fsp3) is 0.188. The van der Waals surface area contributed by atoms with E-state index in [2.05, 4.69) is 0 Å². The van der Waals surface area contributed by atoms with Crippen molar-refractivity contribution in [2.24, 2.45) is 0 Å². The Morgan fingerprint density at radius 2 is 2.00 bits per heavy atom. The Morgan fingerprint density at radius 1 is 1.25 bits per heavy atom. The standard InChI is InChI=1S/C16H13ClO3/c1-19-13-5-2-10(3-6-13)16(18)15-9-11-8-12(17)4-7-14(11)20-15/h2-8,15H,9H2,1H3. The van der Waals surface area contributed by atoms with E-state index < -0.39 is 6.10 Å². The lowest BCUT2D eigenvalue weighted by Crippen LogP contribution is -2.25. The molecule has 3 rings (SSSR count). The van der Waals surface area contributed by atoms with Crippen molar-refractivity contribution in [1.29, 1.82) is 0 Å². The lowest BCUT2D eigenvalue weighted by molar-refractivity contribution is 0.0824. The summed E-state index contributed by atoms with van der Waals surface area (Å²) in [5, 5.41) is 0.657. The second kappa shape index (κ2) is 5.17. The van der Waals surface area contributed by atoms with Crippen molar-refractivity contribution in [3.05, 3.63) is 58.6 Å². The summed E-state index contributed by atoms with van der Waals surface area (Å²) in [4.78, 5) is 12.4. The number of fused-ring (bicyclic) bond motifs is 1. The topological polar surface area (TPSA) is 35.5 Å². The van der Waals surface area contributed by atoms with Gasteiger partial charge in [-0.15, -0.1) is 0 Å². The molecule has 1 heterocycles. The SMILES string of the molecule is COc1ccc(C(=O)C2Cc3cc(Cl)ccc3O2)cc1. The Kier molecular flexibility index (Phi) is 3.36. The van der Waals surface area contributed by atoms with E-state index in [1.54, 1.807) is 43.5 Å². The molecule has 0 aromatic heterocycles. The summed E-state index contributed by atoms with van der Waals surface area (Å²) in [7, 11) is 1.59. The number of hydrogen-bond donors (Lipinski definition) is 0. The minimum Gasteiger partial charge on any atom is -0.497 e. The van der Waals surface area contributed by atoms with Gasteiger partial charge in [0.25, 0.3) is 0 Å². The third kappa shape index (κ3) is 2.37. The van der Waals surface area contributed by atoms with E-state index in [-0.39, 0.29) is 5.78 Å². The number of carbonyl (C=O) groups excluding carboxylic acids is 1. The molecule has 20 heavy (non-hydrogen) atoms. The maximum atomic E-state index is 12.4. The largest absolute Gasteiger partial charge is 0.497 e. The number of ketones is 1. The first kappa shape index (κ1) is 13.0. The molecule has 102 valence electrons. The minimum absolute atomic E-state index is 0.0278. The van der Waals surface area contributed by atoms with Crippen molar-refractivity contribution in [2.75, 3.05) is 7.11 Å². The fourth-order valence-corrected chi connectivity index (χ4v) is 2.50. The zero-order chi connectivity index (χ0) is 14.1. The zero-order valence-electron chi connectivity index (χ0n) is 10.9. The van der Waals surface area contributed by atoms with Crippen LogP contribution < -0.4 is 9.47 Å². The Hall–Kier alpha value is -2.00. The third-order valence-corrected chi connectivity index (χ3v) is 3.60. The van der Waals surface area contributed by atoms with Crippen molar-refractivity contribution in [1.82, 2.24) is 0 Å². The molecule has 1 unspecified atom stereocenters. The Labute approximate surface area is 122 Å². The third-order valence-electron chi connectivity index (χ3n) is 3.36. The van der Waals surface area contributed by atoms with Crippen molar-refractivity contribution < 1.29 is 14.3 Å². The average molecular weight is 289 g/mol. The highest BCUT2D eigenvalue weighted by Gasteiger charge is 2.29. The summed E-state index contributed by atoms with van der Waals surface area (Å²) in [5.41, 5.74) is 1.60. The van der Waals surface area contributed by atoms with Gasteiger partial charge in [0.1, 0.15) is 11.5 Å². The molecule has 1 aliphatic rings. The highest BCUT2D eigenvalue weighted by atomic mass is 35.5. The molecular formula is C16H13ClO3. The summed E-state index contributed by atoms with van der Waals surface area (Å²) >= 11 is 5.95. The predicted molar refractivity (Wildman–Crippen MR) is 76.9 cm³/mol. The van der Waals surface area contributed by atoms with Crippen LogP contribution in [-0.4, -0.2) is 19.0 Å². The van der Waals surface area contributed by atoms with E-state index in [1.807, 2.05) is 6.07 Å². The van der Waals surface area contributed by atoms with E-state index in [0.717, 1.165) is 17.1 Å². The smallest absolute Gasteiger partial charge is 0.203 e. The highest BCUT2D eigenvalue weighted by Crippen LogP contribution is 2.32. The number of ether oxygens (including phenoxy) is 2. The molecule has 0 radical (unpaired) electrons. The summed E-state index contributed by atoms with van der Waals surface area (Å²) in [5.74, 6) is 1.44. The summed E-state index contributed by atoms with van der Waals surface area (Å²) < 4.78 is 10.8. The fourth-order valence-electron chi connectivity index (χ4n) is 2.30. The molecule has 0 spiro atoms. The van der Waals surface area contributed by atoms with Gasteiger partial charge in [-0.05, 0) is 48.0 Å². The molecule has 1 atom stereocenters. The van der Waals surface area contributed by atoms with E-state index in [1.165, 1.54) is 0 Å². The van der Waals surface area contributed by atoms with Gasteiger partial charge in [-0.3, -0.25) is 4.79 Å². The monoisotopic (exact) mass is 288 g/mol. The molecule has 2 aromatic carbocycles. The van der Waals surface area contributed by atoms with Crippen LogP contribution in [0.15, 0.2) is 42.5 Å². The van der Waals surface area contributed by atoms with E-state index in [9.17, 15) is 4.79 Å².